The van der Waals surface area contributed by atoms with Gasteiger partial charge in [-0.25, -0.2) is 4.79 Å². The summed E-state index contributed by atoms with van der Waals surface area (Å²) >= 11 is 8.30. The van der Waals surface area contributed by atoms with Crippen LogP contribution in [0, 0.1) is 0 Å². The summed E-state index contributed by atoms with van der Waals surface area (Å²) in [6.45, 7) is 0. The van der Waals surface area contributed by atoms with Crippen LogP contribution in [-0.4, -0.2) is 21.3 Å². The average Bonchev–Trinajstić information content (AvgIpc) is 3.05. The van der Waals surface area contributed by atoms with E-state index in [0.29, 0.717) is 11.5 Å². The number of rotatable bonds is 3. The summed E-state index contributed by atoms with van der Waals surface area (Å²) in [7, 11) is 0. The fourth-order valence-corrected chi connectivity index (χ4v) is 4.56. The number of aromatic nitrogens is 2. The van der Waals surface area contributed by atoms with Gasteiger partial charge >= 0.3 is 5.97 Å². The number of carboxylic acid groups (broad SMARTS) is 1. The molecule has 0 unspecified atom stereocenters. The number of hydrogen-bond acceptors (Lipinski definition) is 5. The van der Waals surface area contributed by atoms with E-state index in [1.165, 1.54) is 17.4 Å². The topological polar surface area (TPSA) is 76.2 Å². The van der Waals surface area contributed by atoms with Gasteiger partial charge in [0.2, 0.25) is 11.8 Å². The normalized spacial score (nSPS) is 10.8. The minimum Gasteiger partial charge on any atom is -0.478 e. The van der Waals surface area contributed by atoms with Gasteiger partial charge < -0.3 is 9.52 Å². The molecule has 0 bridgehead atoms. The van der Waals surface area contributed by atoms with Crippen LogP contribution in [0.3, 0.4) is 0 Å². The summed E-state index contributed by atoms with van der Waals surface area (Å²) in [4.78, 5) is 11.2. The second-order valence-corrected chi connectivity index (χ2v) is 7.75. The Labute approximate surface area is 139 Å². The number of nitrogens with zero attached hydrogens (tertiary/aromatic N) is 2. The number of halogens is 2. The van der Waals surface area contributed by atoms with Gasteiger partial charge in [0, 0.05) is 0 Å². The van der Waals surface area contributed by atoms with Gasteiger partial charge in [-0.2, -0.15) is 0 Å². The van der Waals surface area contributed by atoms with Crippen LogP contribution in [0.1, 0.15) is 10.4 Å². The molecular formula is C13H6Br2N2O3S. The molecule has 0 amide bonds. The molecule has 0 fully saturated rings. The Balaban J connectivity index is 2.07. The summed E-state index contributed by atoms with van der Waals surface area (Å²) in [6, 6.07) is 8.37. The first kappa shape index (κ1) is 14.4. The molecule has 2 heterocycles. The molecule has 21 heavy (non-hydrogen) atoms. The molecule has 0 spiro atoms. The van der Waals surface area contributed by atoms with Crippen LogP contribution in [0.4, 0.5) is 0 Å². The summed E-state index contributed by atoms with van der Waals surface area (Å²) in [5, 5.41) is 17.1. The van der Waals surface area contributed by atoms with Crippen molar-refractivity contribution in [1.82, 2.24) is 10.2 Å². The Morgan fingerprint density at radius 2 is 1.81 bits per heavy atom. The molecule has 8 heteroatoms. The smallest absolute Gasteiger partial charge is 0.336 e. The molecule has 3 aromatic rings. The van der Waals surface area contributed by atoms with Crippen molar-refractivity contribution in [3.05, 3.63) is 43.5 Å². The van der Waals surface area contributed by atoms with Gasteiger partial charge in [0.1, 0.15) is 0 Å². The van der Waals surface area contributed by atoms with Crippen LogP contribution < -0.4 is 0 Å². The number of hydrogen-bond donors (Lipinski definition) is 1. The summed E-state index contributed by atoms with van der Waals surface area (Å²) in [6.07, 6.45) is 0. The second-order valence-electron chi connectivity index (χ2n) is 4.00. The van der Waals surface area contributed by atoms with Gasteiger partial charge in [0.15, 0.2) is 0 Å². The van der Waals surface area contributed by atoms with Crippen molar-refractivity contribution in [3.8, 4) is 22.9 Å². The zero-order valence-corrected chi connectivity index (χ0v) is 14.2. The molecule has 2 aromatic heterocycles. The van der Waals surface area contributed by atoms with E-state index in [4.69, 9.17) is 4.42 Å². The van der Waals surface area contributed by atoms with Crippen molar-refractivity contribution < 1.29 is 14.3 Å². The minimum atomic E-state index is -1.04. The van der Waals surface area contributed by atoms with Crippen LogP contribution in [0.2, 0.25) is 0 Å². The lowest BCUT2D eigenvalue weighted by atomic mass is 10.1. The molecule has 0 aliphatic carbocycles. The quantitative estimate of drug-likeness (QED) is 0.653. The fourth-order valence-electron chi connectivity index (χ4n) is 1.78. The van der Waals surface area contributed by atoms with E-state index in [1.54, 1.807) is 18.2 Å². The third kappa shape index (κ3) is 2.78. The van der Waals surface area contributed by atoms with E-state index in [2.05, 4.69) is 42.1 Å². The molecule has 0 aliphatic rings. The maximum atomic E-state index is 11.2. The predicted molar refractivity (Wildman–Crippen MR) is 85.4 cm³/mol. The zero-order chi connectivity index (χ0) is 15.0. The molecule has 0 aliphatic heterocycles. The third-order valence-electron chi connectivity index (χ3n) is 2.70. The monoisotopic (exact) mass is 428 g/mol. The SMILES string of the molecule is O=C(O)c1ccccc1-c1nnc(-c2cc(Br)sc2Br)o1. The predicted octanol–water partition coefficient (Wildman–Crippen LogP) is 4.69. The molecule has 0 atom stereocenters. The van der Waals surface area contributed by atoms with Crippen molar-refractivity contribution >= 4 is 49.2 Å². The van der Waals surface area contributed by atoms with Crippen LogP contribution in [0.25, 0.3) is 22.9 Å². The van der Waals surface area contributed by atoms with E-state index in [1.807, 2.05) is 6.07 Å². The summed E-state index contributed by atoms with van der Waals surface area (Å²) < 4.78 is 7.39. The van der Waals surface area contributed by atoms with E-state index in [0.717, 1.165) is 13.1 Å². The first-order valence-electron chi connectivity index (χ1n) is 5.67. The average molecular weight is 430 g/mol. The van der Waals surface area contributed by atoms with Crippen LogP contribution in [-0.2, 0) is 0 Å². The fraction of sp³-hybridized carbons (Fsp3) is 0. The molecule has 1 aromatic carbocycles. The first-order valence-corrected chi connectivity index (χ1v) is 8.08. The van der Waals surface area contributed by atoms with Crippen molar-refractivity contribution in [2.24, 2.45) is 0 Å². The number of carbonyl (C=O) groups is 1. The van der Waals surface area contributed by atoms with E-state index >= 15 is 0 Å². The van der Waals surface area contributed by atoms with Gasteiger partial charge in [0.05, 0.1) is 24.3 Å². The van der Waals surface area contributed by atoms with E-state index < -0.39 is 5.97 Å². The minimum absolute atomic E-state index is 0.123. The van der Waals surface area contributed by atoms with Crippen molar-refractivity contribution in [2.75, 3.05) is 0 Å². The van der Waals surface area contributed by atoms with E-state index in [9.17, 15) is 9.90 Å². The highest BCUT2D eigenvalue weighted by molar-refractivity contribution is 9.12. The van der Waals surface area contributed by atoms with Crippen LogP contribution in [0.15, 0.2) is 42.3 Å². The van der Waals surface area contributed by atoms with Gasteiger partial charge in [-0.15, -0.1) is 21.5 Å². The second kappa shape index (κ2) is 5.70. The van der Waals surface area contributed by atoms with Gasteiger partial charge in [-0.3, -0.25) is 0 Å². The maximum Gasteiger partial charge on any atom is 0.336 e. The lowest BCUT2D eigenvalue weighted by Crippen LogP contribution is -1.98. The van der Waals surface area contributed by atoms with Crippen LogP contribution in [0.5, 0.6) is 0 Å². The summed E-state index contributed by atoms with van der Waals surface area (Å²) in [5.74, 6) is -0.527. The molecule has 0 saturated carbocycles. The lowest BCUT2D eigenvalue weighted by Gasteiger charge is -2.00. The number of aromatic carboxylic acids is 1. The van der Waals surface area contributed by atoms with Crippen molar-refractivity contribution in [3.63, 3.8) is 0 Å². The van der Waals surface area contributed by atoms with E-state index in [-0.39, 0.29) is 11.5 Å². The Kier molecular flexibility index (Phi) is 3.92. The van der Waals surface area contributed by atoms with Crippen molar-refractivity contribution in [2.45, 2.75) is 0 Å². The third-order valence-corrected chi connectivity index (χ3v) is 5.04. The number of carboxylic acids is 1. The molecule has 0 radical (unpaired) electrons. The molecule has 0 saturated heterocycles. The van der Waals surface area contributed by atoms with Gasteiger partial charge in [-0.1, -0.05) is 12.1 Å². The van der Waals surface area contributed by atoms with Crippen molar-refractivity contribution in [1.29, 1.82) is 0 Å². The Morgan fingerprint density at radius 1 is 1.14 bits per heavy atom. The zero-order valence-electron chi connectivity index (χ0n) is 10.2. The molecule has 1 N–H and O–H groups in total. The highest BCUT2D eigenvalue weighted by Gasteiger charge is 2.19. The first-order chi connectivity index (χ1) is 10.1. The van der Waals surface area contributed by atoms with Crippen LogP contribution >= 0.6 is 43.2 Å². The highest BCUT2D eigenvalue weighted by Crippen LogP contribution is 2.38. The molecule has 106 valence electrons. The number of benzene rings is 1. The Bertz CT molecular complexity index is 828. The molecule has 3 rings (SSSR count). The Hall–Kier alpha value is -1.51. The molecular weight excluding hydrogens is 424 g/mol. The maximum absolute atomic E-state index is 11.2. The standard InChI is InChI=1S/C13H6Br2N2O3S/c14-9-5-8(10(15)21-9)12-17-16-11(20-12)6-3-1-2-4-7(6)13(18)19/h1-5H,(H,18,19). The highest BCUT2D eigenvalue weighted by atomic mass is 79.9. The summed E-state index contributed by atoms with van der Waals surface area (Å²) in [5.41, 5.74) is 1.28. The number of thiophene rings is 1. The largest absolute Gasteiger partial charge is 0.478 e. The Morgan fingerprint density at radius 3 is 2.43 bits per heavy atom. The molecule has 5 nitrogen and oxygen atoms in total. The van der Waals surface area contributed by atoms with Gasteiger partial charge in [-0.05, 0) is 50.1 Å². The van der Waals surface area contributed by atoms with Gasteiger partial charge in [0.25, 0.3) is 0 Å². The lowest BCUT2D eigenvalue weighted by molar-refractivity contribution is 0.0697.